The van der Waals surface area contributed by atoms with Crippen molar-refractivity contribution in [2.45, 2.75) is 70.6 Å². The van der Waals surface area contributed by atoms with Crippen molar-refractivity contribution in [2.24, 2.45) is 11.8 Å². The van der Waals surface area contributed by atoms with Crippen LogP contribution in [-0.4, -0.2) is 36.3 Å². The molecule has 29 heavy (non-hydrogen) atoms. The molecule has 1 aromatic rings. The maximum atomic E-state index is 13.6. The molecule has 1 aliphatic heterocycles. The molecule has 1 aliphatic carbocycles. The number of likely N-dealkylation sites (tertiary alicyclic amines) is 1. The molecule has 4 nitrogen and oxygen atoms in total. The molecule has 1 saturated carbocycles. The summed E-state index contributed by atoms with van der Waals surface area (Å²) in [5, 5.41) is 2.93. The summed E-state index contributed by atoms with van der Waals surface area (Å²) in [5.41, 5.74) is 0.626. The lowest BCUT2D eigenvalue weighted by atomic mass is 9.86. The second-order valence-electron chi connectivity index (χ2n) is 8.68. The fourth-order valence-electron chi connectivity index (χ4n) is 4.73. The van der Waals surface area contributed by atoms with Gasteiger partial charge < -0.3 is 10.2 Å². The van der Waals surface area contributed by atoms with Gasteiger partial charge in [0, 0.05) is 32.0 Å². The quantitative estimate of drug-likeness (QED) is 0.697. The molecule has 0 atom stereocenters. The molecule has 1 saturated heterocycles. The van der Waals surface area contributed by atoms with E-state index in [9.17, 15) is 14.0 Å². The van der Waals surface area contributed by atoms with Crippen LogP contribution in [0.2, 0.25) is 0 Å². The predicted molar refractivity (Wildman–Crippen MR) is 113 cm³/mol. The lowest BCUT2D eigenvalue weighted by Gasteiger charge is -2.31. The Labute approximate surface area is 174 Å². The molecule has 0 spiro atoms. The Morgan fingerprint density at radius 2 is 1.76 bits per heavy atom. The summed E-state index contributed by atoms with van der Waals surface area (Å²) in [6.45, 7) is 1.79. The van der Waals surface area contributed by atoms with Gasteiger partial charge in [-0.15, -0.1) is 0 Å². The standard InChI is InChI=1S/C24H35FN2O2/c25-22-11-5-4-10-20(22)13-16-26-24(29)21-14-17-27(18-15-21)23(28)12-6-9-19-7-2-1-3-8-19/h4-5,10-11,19,21H,1-3,6-9,12-18H2,(H,26,29). The minimum Gasteiger partial charge on any atom is -0.356 e. The van der Waals surface area contributed by atoms with E-state index >= 15 is 0 Å². The second-order valence-corrected chi connectivity index (χ2v) is 8.68. The Balaban J connectivity index is 1.30. The Morgan fingerprint density at radius 3 is 2.48 bits per heavy atom. The maximum Gasteiger partial charge on any atom is 0.223 e. The lowest BCUT2D eigenvalue weighted by molar-refractivity contribution is -0.135. The van der Waals surface area contributed by atoms with Crippen LogP contribution in [0.4, 0.5) is 4.39 Å². The highest BCUT2D eigenvalue weighted by Crippen LogP contribution is 2.28. The predicted octanol–water partition coefficient (Wildman–Crippen LogP) is 4.47. The van der Waals surface area contributed by atoms with Crippen molar-refractivity contribution in [3.8, 4) is 0 Å². The van der Waals surface area contributed by atoms with Crippen LogP contribution >= 0.6 is 0 Å². The number of rotatable bonds is 8. The van der Waals surface area contributed by atoms with E-state index in [1.54, 1.807) is 12.1 Å². The van der Waals surface area contributed by atoms with E-state index in [1.165, 1.54) is 44.6 Å². The van der Waals surface area contributed by atoms with Gasteiger partial charge in [-0.2, -0.15) is 0 Å². The molecule has 2 amide bonds. The third kappa shape index (κ3) is 6.83. The van der Waals surface area contributed by atoms with E-state index in [0.717, 1.165) is 25.2 Å². The molecule has 0 unspecified atom stereocenters. The van der Waals surface area contributed by atoms with Gasteiger partial charge in [-0.25, -0.2) is 4.39 Å². The Bertz CT molecular complexity index is 665. The largest absolute Gasteiger partial charge is 0.356 e. The summed E-state index contributed by atoms with van der Waals surface area (Å²) >= 11 is 0. The van der Waals surface area contributed by atoms with Crippen LogP contribution in [0.3, 0.4) is 0 Å². The van der Waals surface area contributed by atoms with Gasteiger partial charge in [-0.1, -0.05) is 50.3 Å². The van der Waals surface area contributed by atoms with E-state index in [-0.39, 0.29) is 23.5 Å². The number of hydrogen-bond acceptors (Lipinski definition) is 2. The molecule has 0 bridgehead atoms. The molecule has 2 fully saturated rings. The van der Waals surface area contributed by atoms with Crippen molar-refractivity contribution in [1.82, 2.24) is 10.2 Å². The molecule has 2 aliphatic rings. The van der Waals surface area contributed by atoms with Crippen LogP contribution in [0.25, 0.3) is 0 Å². The summed E-state index contributed by atoms with van der Waals surface area (Å²) in [5.74, 6) is 0.847. The van der Waals surface area contributed by atoms with Crippen LogP contribution in [0.1, 0.15) is 69.8 Å². The number of nitrogens with one attached hydrogen (secondary N) is 1. The van der Waals surface area contributed by atoms with E-state index in [1.807, 2.05) is 11.0 Å². The van der Waals surface area contributed by atoms with Crippen LogP contribution in [0.15, 0.2) is 24.3 Å². The molecule has 3 rings (SSSR count). The summed E-state index contributed by atoms with van der Waals surface area (Å²) in [6, 6.07) is 6.67. The average Bonchev–Trinajstić information content (AvgIpc) is 2.76. The molecule has 1 N–H and O–H groups in total. The van der Waals surface area contributed by atoms with Crippen LogP contribution < -0.4 is 5.32 Å². The van der Waals surface area contributed by atoms with Crippen molar-refractivity contribution < 1.29 is 14.0 Å². The number of piperidine rings is 1. The minimum atomic E-state index is -0.225. The van der Waals surface area contributed by atoms with Crippen molar-refractivity contribution in [3.05, 3.63) is 35.6 Å². The summed E-state index contributed by atoms with van der Waals surface area (Å²) in [7, 11) is 0. The fourth-order valence-corrected chi connectivity index (χ4v) is 4.73. The first-order chi connectivity index (χ1) is 14.1. The third-order valence-corrected chi connectivity index (χ3v) is 6.60. The molecular formula is C24H35FN2O2. The molecule has 0 radical (unpaired) electrons. The molecule has 5 heteroatoms. The topological polar surface area (TPSA) is 49.4 Å². The van der Waals surface area contributed by atoms with Gasteiger partial charge in [-0.3, -0.25) is 9.59 Å². The highest BCUT2D eigenvalue weighted by atomic mass is 19.1. The number of benzene rings is 1. The molecule has 0 aromatic heterocycles. The number of carbonyl (C=O) groups excluding carboxylic acids is 2. The van der Waals surface area contributed by atoms with Gasteiger partial charge >= 0.3 is 0 Å². The van der Waals surface area contributed by atoms with E-state index in [0.29, 0.717) is 38.0 Å². The third-order valence-electron chi connectivity index (χ3n) is 6.60. The lowest BCUT2D eigenvalue weighted by Crippen LogP contribution is -2.43. The number of halogens is 1. The van der Waals surface area contributed by atoms with Gasteiger partial charge in [0.05, 0.1) is 0 Å². The van der Waals surface area contributed by atoms with Crippen molar-refractivity contribution >= 4 is 11.8 Å². The first-order valence-corrected chi connectivity index (χ1v) is 11.4. The Morgan fingerprint density at radius 1 is 1.03 bits per heavy atom. The number of hydrogen-bond donors (Lipinski definition) is 1. The SMILES string of the molecule is O=C(NCCc1ccccc1F)C1CCN(C(=O)CCCC2CCCCC2)CC1. The minimum absolute atomic E-state index is 0.0331. The first-order valence-electron chi connectivity index (χ1n) is 11.4. The highest BCUT2D eigenvalue weighted by Gasteiger charge is 2.27. The molecule has 1 heterocycles. The molecule has 1 aromatic carbocycles. The van der Waals surface area contributed by atoms with Gasteiger partial charge in [0.15, 0.2) is 0 Å². The molecular weight excluding hydrogens is 367 g/mol. The van der Waals surface area contributed by atoms with Crippen molar-refractivity contribution in [3.63, 3.8) is 0 Å². The maximum absolute atomic E-state index is 13.6. The van der Waals surface area contributed by atoms with E-state index < -0.39 is 0 Å². The van der Waals surface area contributed by atoms with E-state index in [4.69, 9.17) is 0 Å². The van der Waals surface area contributed by atoms with Gasteiger partial charge in [0.1, 0.15) is 5.82 Å². The number of carbonyl (C=O) groups is 2. The zero-order chi connectivity index (χ0) is 20.5. The molecule has 160 valence electrons. The van der Waals surface area contributed by atoms with Crippen molar-refractivity contribution in [1.29, 1.82) is 0 Å². The first kappa shape index (κ1) is 21.8. The van der Waals surface area contributed by atoms with Crippen molar-refractivity contribution in [2.75, 3.05) is 19.6 Å². The summed E-state index contributed by atoms with van der Waals surface area (Å²) in [6.07, 6.45) is 11.5. The van der Waals surface area contributed by atoms with Crippen LogP contribution in [0, 0.1) is 17.7 Å². The smallest absolute Gasteiger partial charge is 0.223 e. The van der Waals surface area contributed by atoms with Gasteiger partial charge in [-0.05, 0) is 49.7 Å². The zero-order valence-electron chi connectivity index (χ0n) is 17.5. The highest BCUT2D eigenvalue weighted by molar-refractivity contribution is 5.80. The fraction of sp³-hybridized carbons (Fsp3) is 0.667. The van der Waals surface area contributed by atoms with E-state index in [2.05, 4.69) is 5.32 Å². The number of nitrogens with zero attached hydrogens (tertiary/aromatic N) is 1. The van der Waals surface area contributed by atoms with Gasteiger partial charge in [0.25, 0.3) is 0 Å². The van der Waals surface area contributed by atoms with Crippen LogP contribution in [-0.2, 0) is 16.0 Å². The van der Waals surface area contributed by atoms with Crippen LogP contribution in [0.5, 0.6) is 0 Å². The monoisotopic (exact) mass is 402 g/mol. The Kier molecular flexibility index (Phi) is 8.51. The second kappa shape index (κ2) is 11.3. The Hall–Kier alpha value is -1.91. The summed E-state index contributed by atoms with van der Waals surface area (Å²) < 4.78 is 13.6. The normalized spacial score (nSPS) is 18.6. The number of amides is 2. The average molecular weight is 403 g/mol. The zero-order valence-corrected chi connectivity index (χ0v) is 17.5. The van der Waals surface area contributed by atoms with Gasteiger partial charge in [0.2, 0.25) is 11.8 Å². The summed E-state index contributed by atoms with van der Waals surface area (Å²) in [4.78, 5) is 26.8.